The molecule has 2 amide bonds. The quantitative estimate of drug-likeness (QED) is 0.738. The first-order valence-electron chi connectivity index (χ1n) is 7.11. The van der Waals surface area contributed by atoms with Crippen molar-refractivity contribution in [3.8, 4) is 0 Å². The molecule has 1 aromatic carbocycles. The number of rotatable bonds is 8. The lowest BCUT2D eigenvalue weighted by Gasteiger charge is -2.10. The molecular weight excluding hydrogens is 268 g/mol. The van der Waals surface area contributed by atoms with E-state index in [2.05, 4.69) is 5.32 Å². The number of amides is 2. The summed E-state index contributed by atoms with van der Waals surface area (Å²) < 4.78 is 4.92. The topological polar surface area (TPSA) is 58.6 Å². The molecule has 5 nitrogen and oxygen atoms in total. The van der Waals surface area contributed by atoms with Gasteiger partial charge in [-0.05, 0) is 30.5 Å². The molecule has 5 heteroatoms. The van der Waals surface area contributed by atoms with Crippen molar-refractivity contribution in [2.24, 2.45) is 0 Å². The number of hydrogen-bond donors (Lipinski definition) is 1. The molecule has 0 aromatic heterocycles. The summed E-state index contributed by atoms with van der Waals surface area (Å²) in [5.74, 6) is 0.0250. The zero-order valence-electron chi connectivity index (χ0n) is 13.0. The SMILES string of the molecule is COCCCNC(=O)CCc1ccc(C(=O)N(C)C)cc1. The third kappa shape index (κ3) is 6.40. The molecule has 116 valence electrons. The molecule has 0 saturated carbocycles. The molecule has 1 N–H and O–H groups in total. The minimum absolute atomic E-state index is 0.0163. The minimum atomic E-state index is -0.0163. The van der Waals surface area contributed by atoms with Crippen LogP contribution in [-0.4, -0.2) is 51.1 Å². The Hall–Kier alpha value is -1.88. The number of ether oxygens (including phenoxy) is 1. The molecule has 0 fully saturated rings. The van der Waals surface area contributed by atoms with Gasteiger partial charge in [-0.3, -0.25) is 9.59 Å². The van der Waals surface area contributed by atoms with Crippen molar-refractivity contribution in [1.82, 2.24) is 10.2 Å². The lowest BCUT2D eigenvalue weighted by atomic mass is 10.1. The van der Waals surface area contributed by atoms with Gasteiger partial charge < -0.3 is 15.0 Å². The molecule has 0 unspecified atom stereocenters. The van der Waals surface area contributed by atoms with Crippen LogP contribution in [0.1, 0.15) is 28.8 Å². The van der Waals surface area contributed by atoms with Crippen molar-refractivity contribution >= 4 is 11.8 Å². The predicted octanol–water partition coefficient (Wildman–Crippen LogP) is 1.47. The second kappa shape index (κ2) is 9.13. The molecule has 0 atom stereocenters. The number of hydrogen-bond acceptors (Lipinski definition) is 3. The van der Waals surface area contributed by atoms with E-state index in [1.807, 2.05) is 12.1 Å². The van der Waals surface area contributed by atoms with Crippen LogP contribution in [0.25, 0.3) is 0 Å². The number of benzene rings is 1. The van der Waals surface area contributed by atoms with E-state index in [4.69, 9.17) is 4.74 Å². The van der Waals surface area contributed by atoms with Gasteiger partial charge in [0.15, 0.2) is 0 Å². The summed E-state index contributed by atoms with van der Waals surface area (Å²) in [6.07, 6.45) is 1.95. The van der Waals surface area contributed by atoms with E-state index in [1.54, 1.807) is 38.2 Å². The fraction of sp³-hybridized carbons (Fsp3) is 0.500. The number of methoxy groups -OCH3 is 1. The van der Waals surface area contributed by atoms with E-state index >= 15 is 0 Å². The summed E-state index contributed by atoms with van der Waals surface area (Å²) in [5.41, 5.74) is 1.71. The molecule has 0 radical (unpaired) electrons. The fourth-order valence-electron chi connectivity index (χ4n) is 1.86. The van der Waals surface area contributed by atoms with Crippen LogP contribution in [0.5, 0.6) is 0 Å². The highest BCUT2D eigenvalue weighted by molar-refractivity contribution is 5.93. The smallest absolute Gasteiger partial charge is 0.253 e. The van der Waals surface area contributed by atoms with Gasteiger partial charge in [0.25, 0.3) is 5.91 Å². The van der Waals surface area contributed by atoms with Gasteiger partial charge in [-0.15, -0.1) is 0 Å². The lowest BCUT2D eigenvalue weighted by molar-refractivity contribution is -0.121. The second-order valence-electron chi connectivity index (χ2n) is 5.09. The van der Waals surface area contributed by atoms with Gasteiger partial charge in [0.2, 0.25) is 5.91 Å². The first-order valence-corrected chi connectivity index (χ1v) is 7.11. The Balaban J connectivity index is 2.35. The monoisotopic (exact) mass is 292 g/mol. The summed E-state index contributed by atoms with van der Waals surface area (Å²) >= 11 is 0. The van der Waals surface area contributed by atoms with E-state index in [1.165, 1.54) is 0 Å². The lowest BCUT2D eigenvalue weighted by Crippen LogP contribution is -2.25. The Labute approximate surface area is 126 Å². The van der Waals surface area contributed by atoms with Gasteiger partial charge in [-0.1, -0.05) is 12.1 Å². The van der Waals surface area contributed by atoms with Gasteiger partial charge in [0.05, 0.1) is 0 Å². The predicted molar refractivity (Wildman–Crippen MR) is 82.3 cm³/mol. The first kappa shape index (κ1) is 17.2. The Morgan fingerprint density at radius 2 is 1.86 bits per heavy atom. The highest BCUT2D eigenvalue weighted by atomic mass is 16.5. The highest BCUT2D eigenvalue weighted by Gasteiger charge is 2.07. The van der Waals surface area contributed by atoms with Crippen molar-refractivity contribution in [1.29, 1.82) is 0 Å². The summed E-state index contributed by atoms with van der Waals surface area (Å²) in [6, 6.07) is 7.40. The first-order chi connectivity index (χ1) is 10.0. The molecule has 0 spiro atoms. The van der Waals surface area contributed by atoms with Crippen LogP contribution in [0.4, 0.5) is 0 Å². The molecule has 0 bridgehead atoms. The van der Waals surface area contributed by atoms with Crippen LogP contribution >= 0.6 is 0 Å². The van der Waals surface area contributed by atoms with E-state index < -0.39 is 0 Å². The van der Waals surface area contributed by atoms with Crippen LogP contribution < -0.4 is 5.32 Å². The zero-order valence-corrected chi connectivity index (χ0v) is 13.0. The van der Waals surface area contributed by atoms with E-state index in [0.29, 0.717) is 31.6 Å². The van der Waals surface area contributed by atoms with Crippen molar-refractivity contribution in [2.75, 3.05) is 34.4 Å². The van der Waals surface area contributed by atoms with E-state index in [0.717, 1.165) is 12.0 Å². The molecule has 0 aliphatic carbocycles. The third-order valence-electron chi connectivity index (χ3n) is 3.10. The van der Waals surface area contributed by atoms with E-state index in [9.17, 15) is 9.59 Å². The standard InChI is InChI=1S/C16H24N2O3/c1-18(2)16(20)14-8-5-13(6-9-14)7-10-15(19)17-11-4-12-21-3/h5-6,8-9H,4,7,10-12H2,1-3H3,(H,17,19). The number of nitrogens with zero attached hydrogens (tertiary/aromatic N) is 1. The second-order valence-corrected chi connectivity index (χ2v) is 5.09. The van der Waals surface area contributed by atoms with Crippen LogP contribution in [0.15, 0.2) is 24.3 Å². The van der Waals surface area contributed by atoms with Gasteiger partial charge >= 0.3 is 0 Å². The molecule has 1 aromatic rings. The maximum atomic E-state index is 11.7. The minimum Gasteiger partial charge on any atom is -0.385 e. The van der Waals surface area contributed by atoms with Gasteiger partial charge in [0.1, 0.15) is 0 Å². The Kier molecular flexibility index (Phi) is 7.46. The van der Waals surface area contributed by atoms with Crippen molar-refractivity contribution in [3.63, 3.8) is 0 Å². The average Bonchev–Trinajstić information content (AvgIpc) is 2.49. The third-order valence-corrected chi connectivity index (χ3v) is 3.10. The maximum absolute atomic E-state index is 11.7. The largest absolute Gasteiger partial charge is 0.385 e. The van der Waals surface area contributed by atoms with Crippen molar-refractivity contribution in [2.45, 2.75) is 19.3 Å². The summed E-state index contributed by atoms with van der Waals surface area (Å²) in [4.78, 5) is 24.9. The summed E-state index contributed by atoms with van der Waals surface area (Å²) in [7, 11) is 5.10. The molecule has 0 heterocycles. The zero-order chi connectivity index (χ0) is 15.7. The van der Waals surface area contributed by atoms with Crippen LogP contribution in [0.2, 0.25) is 0 Å². The Morgan fingerprint density at radius 1 is 1.19 bits per heavy atom. The summed E-state index contributed by atoms with van der Waals surface area (Å²) in [5, 5.41) is 2.85. The number of aryl methyl sites for hydroxylation is 1. The Bertz CT molecular complexity index is 455. The van der Waals surface area contributed by atoms with Crippen LogP contribution in [0, 0.1) is 0 Å². The van der Waals surface area contributed by atoms with Crippen LogP contribution in [0.3, 0.4) is 0 Å². The average molecular weight is 292 g/mol. The molecule has 0 saturated heterocycles. The summed E-state index contributed by atoms with van der Waals surface area (Å²) in [6.45, 7) is 1.30. The van der Waals surface area contributed by atoms with Crippen molar-refractivity contribution < 1.29 is 14.3 Å². The molecule has 0 aliphatic heterocycles. The Morgan fingerprint density at radius 3 is 2.43 bits per heavy atom. The normalized spacial score (nSPS) is 10.2. The van der Waals surface area contributed by atoms with Gasteiger partial charge in [-0.2, -0.15) is 0 Å². The van der Waals surface area contributed by atoms with Gasteiger partial charge in [0, 0.05) is 46.3 Å². The molecule has 0 aliphatic rings. The molecular formula is C16H24N2O3. The number of nitrogens with one attached hydrogen (secondary N) is 1. The maximum Gasteiger partial charge on any atom is 0.253 e. The van der Waals surface area contributed by atoms with E-state index in [-0.39, 0.29) is 11.8 Å². The fourth-order valence-corrected chi connectivity index (χ4v) is 1.86. The molecule has 21 heavy (non-hydrogen) atoms. The highest BCUT2D eigenvalue weighted by Crippen LogP contribution is 2.08. The van der Waals surface area contributed by atoms with Crippen molar-refractivity contribution in [3.05, 3.63) is 35.4 Å². The number of carbonyl (C=O) groups excluding carboxylic acids is 2. The van der Waals surface area contributed by atoms with Crippen LogP contribution in [-0.2, 0) is 16.0 Å². The number of carbonyl (C=O) groups is 2. The molecule has 1 rings (SSSR count). The van der Waals surface area contributed by atoms with Gasteiger partial charge in [-0.25, -0.2) is 0 Å².